The van der Waals surface area contributed by atoms with Gasteiger partial charge in [0.2, 0.25) is 0 Å². The van der Waals surface area contributed by atoms with Crippen molar-refractivity contribution in [3.05, 3.63) is 89.9 Å². The molecule has 0 fully saturated rings. The van der Waals surface area contributed by atoms with E-state index in [0.29, 0.717) is 5.82 Å². The van der Waals surface area contributed by atoms with E-state index in [-0.39, 0.29) is 11.5 Å². The van der Waals surface area contributed by atoms with Gasteiger partial charge in [-0.3, -0.25) is 4.79 Å². The second kappa shape index (κ2) is 8.25. The monoisotopic (exact) mass is 349 g/mol. The van der Waals surface area contributed by atoms with Crippen molar-refractivity contribution in [1.82, 2.24) is 4.98 Å². The highest BCUT2D eigenvalue weighted by Crippen LogP contribution is 2.18. The second-order valence-corrected chi connectivity index (χ2v) is 5.87. The van der Waals surface area contributed by atoms with Crippen LogP contribution in [0.3, 0.4) is 0 Å². The molecule has 0 aliphatic carbocycles. The molecule has 132 valence electrons. The van der Waals surface area contributed by atoms with Crippen LogP contribution in [0.25, 0.3) is 0 Å². The maximum absolute atomic E-state index is 13.2. The number of hydrogen-bond acceptors (Lipinski definition) is 3. The zero-order valence-electron chi connectivity index (χ0n) is 14.5. The van der Waals surface area contributed by atoms with Crippen molar-refractivity contribution in [1.29, 1.82) is 0 Å². The van der Waals surface area contributed by atoms with Crippen LogP contribution >= 0.6 is 0 Å². The largest absolute Gasteiger partial charge is 0.366 e. The minimum atomic E-state index is -0.444. The van der Waals surface area contributed by atoms with Gasteiger partial charge in [0.05, 0.1) is 11.9 Å². The molecule has 1 aromatic heterocycles. The lowest BCUT2D eigenvalue weighted by Crippen LogP contribution is -2.22. The number of pyridine rings is 1. The first-order valence-electron chi connectivity index (χ1n) is 8.47. The van der Waals surface area contributed by atoms with E-state index in [9.17, 15) is 9.18 Å². The van der Waals surface area contributed by atoms with Crippen LogP contribution in [-0.2, 0) is 6.54 Å². The number of hydrogen-bond donors (Lipinski definition) is 1. The average Bonchev–Trinajstić information content (AvgIpc) is 2.67. The molecule has 0 unspecified atom stereocenters. The molecule has 1 heterocycles. The van der Waals surface area contributed by atoms with Gasteiger partial charge in [-0.15, -0.1) is 0 Å². The van der Waals surface area contributed by atoms with Crippen molar-refractivity contribution in [2.75, 3.05) is 16.8 Å². The van der Waals surface area contributed by atoms with Crippen LogP contribution in [0, 0.1) is 5.82 Å². The first-order valence-corrected chi connectivity index (χ1v) is 8.47. The van der Waals surface area contributed by atoms with E-state index in [1.54, 1.807) is 18.3 Å². The summed E-state index contributed by atoms with van der Waals surface area (Å²) < 4.78 is 13.2. The Kier molecular flexibility index (Phi) is 5.59. The quantitative estimate of drug-likeness (QED) is 0.713. The van der Waals surface area contributed by atoms with E-state index in [1.807, 2.05) is 24.3 Å². The molecule has 1 amide bonds. The van der Waals surface area contributed by atoms with Gasteiger partial charge in [-0.2, -0.15) is 0 Å². The fraction of sp³-hybridized carbons (Fsp3) is 0.143. The summed E-state index contributed by atoms with van der Waals surface area (Å²) in [5.41, 5.74) is 2.45. The summed E-state index contributed by atoms with van der Waals surface area (Å²) in [4.78, 5) is 18.7. The second-order valence-electron chi connectivity index (χ2n) is 5.87. The molecule has 3 rings (SSSR count). The molecule has 0 saturated heterocycles. The molecule has 0 spiro atoms. The Morgan fingerprint density at radius 1 is 1.08 bits per heavy atom. The number of rotatable bonds is 6. The Morgan fingerprint density at radius 2 is 1.88 bits per heavy atom. The topological polar surface area (TPSA) is 45.2 Å². The highest BCUT2D eigenvalue weighted by molar-refractivity contribution is 6.03. The number of aromatic nitrogens is 1. The molecular weight excluding hydrogens is 329 g/mol. The standard InChI is InChI=1S/C21H20FN3O/c1-2-25(15-16-7-4-3-5-8-16)19-11-12-20(23-14-19)24-21(26)17-9-6-10-18(22)13-17/h3-14H,2,15H2,1H3,(H,23,24,26). The lowest BCUT2D eigenvalue weighted by molar-refractivity contribution is 0.102. The molecule has 26 heavy (non-hydrogen) atoms. The first-order chi connectivity index (χ1) is 12.7. The van der Waals surface area contributed by atoms with Crippen LogP contribution in [0.1, 0.15) is 22.8 Å². The molecule has 0 radical (unpaired) electrons. The molecule has 0 saturated carbocycles. The lowest BCUT2D eigenvalue weighted by atomic mass is 10.2. The minimum absolute atomic E-state index is 0.259. The number of nitrogens with one attached hydrogen (secondary N) is 1. The zero-order chi connectivity index (χ0) is 18.4. The molecule has 5 heteroatoms. The van der Waals surface area contributed by atoms with Gasteiger partial charge in [0.25, 0.3) is 5.91 Å². The van der Waals surface area contributed by atoms with E-state index in [4.69, 9.17) is 0 Å². The van der Waals surface area contributed by atoms with Crippen molar-refractivity contribution < 1.29 is 9.18 Å². The van der Waals surface area contributed by atoms with Gasteiger partial charge in [-0.1, -0.05) is 36.4 Å². The molecular formula is C21H20FN3O. The summed E-state index contributed by atoms with van der Waals surface area (Å²) in [7, 11) is 0. The van der Waals surface area contributed by atoms with Crippen molar-refractivity contribution in [3.8, 4) is 0 Å². The van der Waals surface area contributed by atoms with Crippen LogP contribution in [-0.4, -0.2) is 17.4 Å². The molecule has 2 aromatic carbocycles. The van der Waals surface area contributed by atoms with E-state index >= 15 is 0 Å². The van der Waals surface area contributed by atoms with Gasteiger partial charge in [0.15, 0.2) is 0 Å². The Hall–Kier alpha value is -3.21. The Labute approximate surface area is 152 Å². The molecule has 0 bridgehead atoms. The predicted molar refractivity (Wildman–Crippen MR) is 102 cm³/mol. The van der Waals surface area contributed by atoms with Crippen LogP contribution in [0.15, 0.2) is 72.9 Å². The third kappa shape index (κ3) is 4.45. The van der Waals surface area contributed by atoms with Crippen LogP contribution in [0.4, 0.5) is 15.9 Å². The zero-order valence-corrected chi connectivity index (χ0v) is 14.5. The normalized spacial score (nSPS) is 10.4. The van der Waals surface area contributed by atoms with Gasteiger partial charge < -0.3 is 10.2 Å². The molecule has 3 aromatic rings. The summed E-state index contributed by atoms with van der Waals surface area (Å²) >= 11 is 0. The number of carbonyl (C=O) groups is 1. The van der Waals surface area contributed by atoms with Gasteiger partial charge >= 0.3 is 0 Å². The number of carbonyl (C=O) groups excluding carboxylic acids is 1. The van der Waals surface area contributed by atoms with Gasteiger partial charge in [0, 0.05) is 18.7 Å². The molecule has 4 nitrogen and oxygen atoms in total. The fourth-order valence-corrected chi connectivity index (χ4v) is 2.65. The predicted octanol–water partition coefficient (Wildman–Crippen LogP) is 4.50. The van der Waals surface area contributed by atoms with Crippen molar-refractivity contribution in [3.63, 3.8) is 0 Å². The molecule has 0 aliphatic heterocycles. The van der Waals surface area contributed by atoms with E-state index in [1.165, 1.54) is 23.8 Å². The first kappa shape index (κ1) is 17.6. The van der Waals surface area contributed by atoms with Gasteiger partial charge in [-0.25, -0.2) is 9.37 Å². The number of nitrogens with zero attached hydrogens (tertiary/aromatic N) is 2. The fourth-order valence-electron chi connectivity index (χ4n) is 2.65. The van der Waals surface area contributed by atoms with Gasteiger partial charge in [-0.05, 0) is 42.8 Å². The van der Waals surface area contributed by atoms with E-state index < -0.39 is 5.82 Å². The number of anilines is 2. The van der Waals surface area contributed by atoms with Gasteiger partial charge in [0.1, 0.15) is 11.6 Å². The van der Waals surface area contributed by atoms with E-state index in [0.717, 1.165) is 18.8 Å². The Morgan fingerprint density at radius 3 is 2.54 bits per heavy atom. The average molecular weight is 349 g/mol. The van der Waals surface area contributed by atoms with Crippen LogP contribution in [0.5, 0.6) is 0 Å². The summed E-state index contributed by atoms with van der Waals surface area (Å²) in [5, 5.41) is 2.68. The maximum atomic E-state index is 13.2. The van der Waals surface area contributed by atoms with Crippen molar-refractivity contribution in [2.45, 2.75) is 13.5 Å². The molecule has 1 N–H and O–H groups in total. The Balaban J connectivity index is 1.68. The smallest absolute Gasteiger partial charge is 0.256 e. The summed E-state index contributed by atoms with van der Waals surface area (Å²) in [6.07, 6.45) is 1.73. The molecule has 0 atom stereocenters. The van der Waals surface area contributed by atoms with Crippen molar-refractivity contribution >= 4 is 17.4 Å². The minimum Gasteiger partial charge on any atom is -0.366 e. The number of benzene rings is 2. The summed E-state index contributed by atoms with van der Waals surface area (Å²) in [6, 6.07) is 19.4. The third-order valence-electron chi connectivity index (χ3n) is 4.04. The maximum Gasteiger partial charge on any atom is 0.256 e. The highest BCUT2D eigenvalue weighted by atomic mass is 19.1. The highest BCUT2D eigenvalue weighted by Gasteiger charge is 2.09. The SMILES string of the molecule is CCN(Cc1ccccc1)c1ccc(NC(=O)c2cccc(F)c2)nc1. The third-order valence-corrected chi connectivity index (χ3v) is 4.04. The Bertz CT molecular complexity index is 866. The number of halogens is 1. The van der Waals surface area contributed by atoms with Crippen molar-refractivity contribution in [2.24, 2.45) is 0 Å². The molecule has 0 aliphatic rings. The van der Waals surface area contributed by atoms with E-state index in [2.05, 4.69) is 34.3 Å². The van der Waals surface area contributed by atoms with Crippen LogP contribution < -0.4 is 10.2 Å². The van der Waals surface area contributed by atoms with Crippen LogP contribution in [0.2, 0.25) is 0 Å². The summed E-state index contributed by atoms with van der Waals surface area (Å²) in [5.74, 6) is -0.402. The number of amides is 1. The summed E-state index contributed by atoms with van der Waals surface area (Å²) in [6.45, 7) is 3.71. The lowest BCUT2D eigenvalue weighted by Gasteiger charge is -2.23.